The molecular formula is C21H24FN2NaO4. The summed E-state index contributed by atoms with van der Waals surface area (Å²) in [6.07, 6.45) is 3.40. The molecule has 0 fully saturated rings. The smallest absolute Gasteiger partial charge is 0.550 e. The summed E-state index contributed by atoms with van der Waals surface area (Å²) in [6, 6.07) is 6.04. The van der Waals surface area contributed by atoms with Crippen molar-refractivity contribution in [2.45, 2.75) is 57.2 Å². The van der Waals surface area contributed by atoms with Gasteiger partial charge in [0.2, 0.25) is 0 Å². The number of hydrogen-bond acceptors (Lipinski definition) is 5. The quantitative estimate of drug-likeness (QED) is 0.554. The van der Waals surface area contributed by atoms with Gasteiger partial charge in [-0.3, -0.25) is 0 Å². The van der Waals surface area contributed by atoms with E-state index in [-0.39, 0.29) is 41.8 Å². The van der Waals surface area contributed by atoms with Crippen molar-refractivity contribution in [3.05, 3.63) is 53.1 Å². The summed E-state index contributed by atoms with van der Waals surface area (Å²) < 4.78 is 15.1. The maximum Gasteiger partial charge on any atom is 1.00 e. The number of hydrogen-bond donors (Lipinski definition) is 2. The first kappa shape index (κ1) is 23.8. The van der Waals surface area contributed by atoms with E-state index in [1.54, 1.807) is 22.9 Å². The second kappa shape index (κ2) is 10.5. The monoisotopic (exact) mass is 410 g/mol. The molecule has 1 heterocycles. The number of carbonyl (C=O) groups is 1. The van der Waals surface area contributed by atoms with Gasteiger partial charge in [-0.1, -0.05) is 13.0 Å². The molecule has 0 bridgehead atoms. The minimum absolute atomic E-state index is 0. The van der Waals surface area contributed by atoms with Crippen molar-refractivity contribution in [1.82, 2.24) is 9.78 Å². The molecule has 3 rings (SSSR count). The predicted octanol–water partition coefficient (Wildman–Crippen LogP) is -1.28. The summed E-state index contributed by atoms with van der Waals surface area (Å²) >= 11 is 0. The van der Waals surface area contributed by atoms with Gasteiger partial charge in [0.05, 0.1) is 29.3 Å². The molecular weight excluding hydrogens is 386 g/mol. The third kappa shape index (κ3) is 5.99. The molecule has 1 aliphatic rings. The first-order valence-electron chi connectivity index (χ1n) is 9.47. The van der Waals surface area contributed by atoms with E-state index in [9.17, 15) is 24.5 Å². The zero-order valence-corrected chi connectivity index (χ0v) is 18.7. The van der Waals surface area contributed by atoms with E-state index in [1.807, 2.05) is 0 Å². The molecule has 0 aliphatic heterocycles. The van der Waals surface area contributed by atoms with Crippen LogP contribution in [-0.4, -0.2) is 38.2 Å². The largest absolute Gasteiger partial charge is 1.00 e. The van der Waals surface area contributed by atoms with Crippen LogP contribution in [0.3, 0.4) is 0 Å². The molecule has 0 saturated carbocycles. The Morgan fingerprint density at radius 1 is 1.38 bits per heavy atom. The molecule has 3 atom stereocenters. The fraction of sp³-hybridized carbons (Fsp3) is 0.429. The molecule has 0 amide bonds. The molecule has 0 radical (unpaired) electrons. The normalized spacial score (nSPS) is 18.1. The molecule has 0 spiro atoms. The van der Waals surface area contributed by atoms with Gasteiger partial charge < -0.3 is 20.1 Å². The van der Waals surface area contributed by atoms with Crippen LogP contribution in [0.4, 0.5) is 4.39 Å². The minimum Gasteiger partial charge on any atom is -0.550 e. The van der Waals surface area contributed by atoms with Gasteiger partial charge in [-0.15, -0.1) is 0 Å². The Morgan fingerprint density at radius 3 is 2.72 bits per heavy atom. The Morgan fingerprint density at radius 2 is 2.07 bits per heavy atom. The van der Waals surface area contributed by atoms with Crippen LogP contribution in [0.1, 0.15) is 55.5 Å². The number of benzene rings is 1. The number of aliphatic carboxylic acids is 1. The van der Waals surface area contributed by atoms with Crippen molar-refractivity contribution in [1.29, 1.82) is 0 Å². The summed E-state index contributed by atoms with van der Waals surface area (Å²) in [6.45, 7) is 2.12. The van der Waals surface area contributed by atoms with Crippen LogP contribution >= 0.6 is 0 Å². The number of fused-ring (bicyclic) bond motifs is 1. The van der Waals surface area contributed by atoms with Crippen molar-refractivity contribution in [2.75, 3.05) is 0 Å². The molecule has 8 heteroatoms. The zero-order chi connectivity index (χ0) is 20.3. The molecule has 0 saturated heterocycles. The molecule has 1 aromatic carbocycles. The molecule has 1 aliphatic carbocycles. The fourth-order valence-corrected chi connectivity index (χ4v) is 3.64. The Kier molecular flexibility index (Phi) is 8.60. The van der Waals surface area contributed by atoms with Crippen molar-refractivity contribution >= 4 is 12.0 Å². The summed E-state index contributed by atoms with van der Waals surface area (Å²) in [7, 11) is 0. The number of aliphatic hydroxyl groups is 2. The maximum absolute atomic E-state index is 13.3. The van der Waals surface area contributed by atoms with Crippen LogP contribution < -0.4 is 34.7 Å². The van der Waals surface area contributed by atoms with E-state index < -0.39 is 24.6 Å². The van der Waals surface area contributed by atoms with Gasteiger partial charge in [0, 0.05) is 30.3 Å². The Labute approximate surface area is 191 Å². The van der Waals surface area contributed by atoms with Crippen LogP contribution in [0.25, 0.3) is 11.8 Å². The number of carboxylic acid groups (broad SMARTS) is 1. The molecule has 150 valence electrons. The predicted molar refractivity (Wildman–Crippen MR) is 100 cm³/mol. The summed E-state index contributed by atoms with van der Waals surface area (Å²) in [5, 5.41) is 35.1. The van der Waals surface area contributed by atoms with Crippen LogP contribution in [0.15, 0.2) is 30.3 Å². The van der Waals surface area contributed by atoms with Gasteiger partial charge in [-0.2, -0.15) is 5.10 Å². The van der Waals surface area contributed by atoms with E-state index in [2.05, 4.69) is 6.92 Å². The van der Waals surface area contributed by atoms with Gasteiger partial charge in [0.15, 0.2) is 0 Å². The van der Waals surface area contributed by atoms with E-state index in [0.717, 1.165) is 36.2 Å². The molecule has 1 aromatic heterocycles. The Bertz CT molecular complexity index is 866. The standard InChI is InChI=1S/C21H25FN2O4.Na/c1-13-3-2-4-18-19(10-9-16(25)11-17(26)12-20(27)28)24(23-21(13)18)15-7-5-14(22)6-8-15;/h5-10,13,16-17,25-26H,2-4,11-12H2,1H3,(H,27,28);/q;+1/p-1/b10-9+;/t13?,16-,17-;/m1./s1. The fourth-order valence-electron chi connectivity index (χ4n) is 3.64. The average Bonchev–Trinajstić information content (AvgIpc) is 3.00. The zero-order valence-electron chi connectivity index (χ0n) is 16.7. The third-order valence-corrected chi connectivity index (χ3v) is 5.05. The molecule has 1 unspecified atom stereocenters. The van der Waals surface area contributed by atoms with E-state index in [1.165, 1.54) is 18.2 Å². The second-order valence-corrected chi connectivity index (χ2v) is 7.32. The number of aromatic nitrogens is 2. The van der Waals surface area contributed by atoms with Crippen molar-refractivity contribution < 1.29 is 54.1 Å². The van der Waals surface area contributed by atoms with Gasteiger partial charge in [0.25, 0.3) is 0 Å². The number of rotatable bonds is 7. The van der Waals surface area contributed by atoms with Crippen LogP contribution in [0.5, 0.6) is 0 Å². The number of halogens is 1. The van der Waals surface area contributed by atoms with Gasteiger partial charge >= 0.3 is 29.6 Å². The van der Waals surface area contributed by atoms with Crippen LogP contribution in [0.2, 0.25) is 0 Å². The average molecular weight is 410 g/mol. The minimum atomic E-state index is -1.36. The first-order valence-corrected chi connectivity index (χ1v) is 9.47. The SMILES string of the molecule is CC1CCCc2c1nn(-c1ccc(F)cc1)c2/C=C/[C@@H](O)C[C@@H](O)CC(=O)[O-].[Na+]. The summed E-state index contributed by atoms with van der Waals surface area (Å²) in [5.74, 6) is -1.38. The molecule has 6 nitrogen and oxygen atoms in total. The van der Waals surface area contributed by atoms with Crippen molar-refractivity contribution in [3.63, 3.8) is 0 Å². The van der Waals surface area contributed by atoms with Gasteiger partial charge in [-0.05, 0) is 49.6 Å². The van der Waals surface area contributed by atoms with Crippen LogP contribution in [-0.2, 0) is 11.2 Å². The number of nitrogens with zero attached hydrogens (tertiary/aromatic N) is 2. The van der Waals surface area contributed by atoms with Crippen LogP contribution in [0, 0.1) is 5.82 Å². The third-order valence-electron chi connectivity index (χ3n) is 5.05. The first-order chi connectivity index (χ1) is 13.3. The van der Waals surface area contributed by atoms with Crippen molar-refractivity contribution in [3.8, 4) is 5.69 Å². The van der Waals surface area contributed by atoms with E-state index in [4.69, 9.17) is 5.10 Å². The number of aliphatic hydroxyl groups excluding tert-OH is 2. The molecule has 2 N–H and O–H groups in total. The summed E-state index contributed by atoms with van der Waals surface area (Å²) in [4.78, 5) is 10.5. The second-order valence-electron chi connectivity index (χ2n) is 7.32. The topological polar surface area (TPSA) is 98.4 Å². The molecule has 29 heavy (non-hydrogen) atoms. The summed E-state index contributed by atoms with van der Waals surface area (Å²) in [5.41, 5.74) is 3.62. The molecule has 2 aromatic rings. The number of carboxylic acids is 1. The Balaban J connectivity index is 0.00000300. The van der Waals surface area contributed by atoms with Crippen molar-refractivity contribution in [2.24, 2.45) is 0 Å². The maximum atomic E-state index is 13.3. The van der Waals surface area contributed by atoms with E-state index in [0.29, 0.717) is 11.6 Å². The van der Waals surface area contributed by atoms with Gasteiger partial charge in [-0.25, -0.2) is 9.07 Å². The van der Waals surface area contributed by atoms with E-state index >= 15 is 0 Å². The Hall–Kier alpha value is -1.51. The number of carbonyl (C=O) groups excluding carboxylic acids is 1. The van der Waals surface area contributed by atoms with Gasteiger partial charge in [0.1, 0.15) is 5.82 Å².